The summed E-state index contributed by atoms with van der Waals surface area (Å²) >= 11 is 0. The van der Waals surface area contributed by atoms with E-state index >= 15 is 0 Å². The van der Waals surface area contributed by atoms with Gasteiger partial charge in [-0.3, -0.25) is 0 Å². The van der Waals surface area contributed by atoms with Gasteiger partial charge < -0.3 is 10.9 Å². The van der Waals surface area contributed by atoms with Gasteiger partial charge in [0.2, 0.25) is 10.0 Å². The lowest BCUT2D eigenvalue weighted by Crippen LogP contribution is -2.59. The van der Waals surface area contributed by atoms with Crippen molar-refractivity contribution < 1.29 is 22.0 Å². The molecule has 1 fully saturated rings. The Kier molecular flexibility index (Phi) is 5.62. The summed E-state index contributed by atoms with van der Waals surface area (Å²) in [5, 5.41) is 11.9. The van der Waals surface area contributed by atoms with Crippen LogP contribution in [-0.4, -0.2) is 51.2 Å². The molecule has 0 spiro atoms. The molecule has 1 rings (SSSR count). The van der Waals surface area contributed by atoms with E-state index in [0.717, 1.165) is 19.1 Å². The van der Waals surface area contributed by atoms with Crippen LogP contribution in [0.5, 0.6) is 0 Å². The van der Waals surface area contributed by atoms with Crippen LogP contribution < -0.4 is 10.5 Å². The summed E-state index contributed by atoms with van der Waals surface area (Å²) < 4.78 is 48.8. The van der Waals surface area contributed by atoms with E-state index in [2.05, 4.69) is 9.88 Å². The number of hydrogen-bond donors (Lipinski definition) is 3. The minimum Gasteiger partial charge on any atom is -0.409 e. The van der Waals surface area contributed by atoms with Crippen LogP contribution in [0.25, 0.3) is 0 Å². The summed E-state index contributed by atoms with van der Waals surface area (Å²) in [6.45, 7) is 2.05. The predicted molar refractivity (Wildman–Crippen MR) is 80.4 cm³/mol. The van der Waals surface area contributed by atoms with Crippen LogP contribution in [-0.2, 0) is 19.9 Å². The topological polar surface area (TPSA) is 139 Å². The number of rotatable bonds is 6. The number of nitrogens with one attached hydrogen (secondary N) is 1. The standard InChI is InChI=1S/C11H23N3O5S2/c1-9-3-5-11(6-4-9,10(12)13-15)14-21(18,19)8-7-20(2,16)17/h9,14-15H,3-8H2,1-2H3,(H2,12,13). The Bertz CT molecular complexity index is 589. The fraction of sp³-hybridized carbons (Fsp3) is 0.909. The Morgan fingerprint density at radius 2 is 1.81 bits per heavy atom. The number of amidine groups is 1. The third-order valence-electron chi connectivity index (χ3n) is 3.80. The molecule has 0 aromatic heterocycles. The lowest BCUT2D eigenvalue weighted by Gasteiger charge is -2.38. The van der Waals surface area contributed by atoms with Crippen molar-refractivity contribution in [1.82, 2.24) is 4.72 Å². The highest BCUT2D eigenvalue weighted by molar-refractivity contribution is 7.93. The fourth-order valence-electron chi connectivity index (χ4n) is 2.37. The molecule has 0 atom stereocenters. The number of sulfone groups is 1. The van der Waals surface area contributed by atoms with Crippen molar-refractivity contribution in [3.05, 3.63) is 0 Å². The minimum atomic E-state index is -3.85. The summed E-state index contributed by atoms with van der Waals surface area (Å²) in [5.74, 6) is -0.755. The maximum Gasteiger partial charge on any atom is 0.213 e. The molecule has 0 aromatic rings. The van der Waals surface area contributed by atoms with Crippen LogP contribution in [0.3, 0.4) is 0 Å². The maximum absolute atomic E-state index is 12.1. The quantitative estimate of drug-likeness (QED) is 0.261. The molecule has 10 heteroatoms. The molecule has 0 aromatic carbocycles. The highest BCUT2D eigenvalue weighted by Gasteiger charge is 2.41. The normalized spacial score (nSPS) is 28.5. The maximum atomic E-state index is 12.1. The van der Waals surface area contributed by atoms with Crippen LogP contribution in [0.1, 0.15) is 32.6 Å². The van der Waals surface area contributed by atoms with Gasteiger partial charge in [0.05, 0.1) is 17.0 Å². The van der Waals surface area contributed by atoms with Gasteiger partial charge in [0.1, 0.15) is 9.84 Å². The van der Waals surface area contributed by atoms with Crippen molar-refractivity contribution in [2.45, 2.75) is 38.1 Å². The van der Waals surface area contributed by atoms with Gasteiger partial charge >= 0.3 is 0 Å². The zero-order valence-electron chi connectivity index (χ0n) is 12.2. The van der Waals surface area contributed by atoms with Crippen molar-refractivity contribution in [3.63, 3.8) is 0 Å². The monoisotopic (exact) mass is 341 g/mol. The number of nitrogens with two attached hydrogens (primary N) is 1. The van der Waals surface area contributed by atoms with Crippen LogP contribution in [0, 0.1) is 5.92 Å². The first kappa shape index (κ1) is 18.2. The zero-order chi connectivity index (χ0) is 16.3. The predicted octanol–water partition coefficient (Wildman–Crippen LogP) is -0.354. The molecule has 1 aliphatic rings. The lowest BCUT2D eigenvalue weighted by molar-refractivity contribution is 0.267. The molecule has 21 heavy (non-hydrogen) atoms. The summed E-state index contributed by atoms with van der Waals surface area (Å²) in [4.78, 5) is 0. The van der Waals surface area contributed by atoms with Crippen molar-refractivity contribution in [3.8, 4) is 0 Å². The van der Waals surface area contributed by atoms with Crippen molar-refractivity contribution in [2.24, 2.45) is 16.8 Å². The van der Waals surface area contributed by atoms with Gasteiger partial charge in [-0.1, -0.05) is 12.1 Å². The number of hydrogen-bond acceptors (Lipinski definition) is 6. The second-order valence-electron chi connectivity index (χ2n) is 5.80. The Balaban J connectivity index is 2.92. The fourth-order valence-corrected chi connectivity index (χ4v) is 5.47. The van der Waals surface area contributed by atoms with Crippen LogP contribution in [0.15, 0.2) is 5.16 Å². The van der Waals surface area contributed by atoms with Gasteiger partial charge in [-0.2, -0.15) is 0 Å². The van der Waals surface area contributed by atoms with E-state index in [1.165, 1.54) is 0 Å². The third-order valence-corrected chi connectivity index (χ3v) is 6.45. The van der Waals surface area contributed by atoms with Gasteiger partial charge in [-0.25, -0.2) is 21.6 Å². The molecule has 0 amide bonds. The number of oxime groups is 1. The largest absolute Gasteiger partial charge is 0.409 e. The molecular weight excluding hydrogens is 318 g/mol. The lowest BCUT2D eigenvalue weighted by atomic mass is 9.77. The van der Waals surface area contributed by atoms with Crippen molar-refractivity contribution in [1.29, 1.82) is 0 Å². The number of nitrogens with zero attached hydrogens (tertiary/aromatic N) is 1. The highest BCUT2D eigenvalue weighted by atomic mass is 32.2. The highest BCUT2D eigenvalue weighted by Crippen LogP contribution is 2.32. The third kappa shape index (κ3) is 5.44. The van der Waals surface area contributed by atoms with Crippen LogP contribution in [0.4, 0.5) is 0 Å². The molecule has 0 unspecified atom stereocenters. The van der Waals surface area contributed by atoms with Crippen molar-refractivity contribution in [2.75, 3.05) is 17.8 Å². The Labute approximate surface area is 125 Å². The van der Waals surface area contributed by atoms with Gasteiger partial charge in [0.25, 0.3) is 0 Å². The average molecular weight is 341 g/mol. The molecule has 0 radical (unpaired) electrons. The first-order chi connectivity index (χ1) is 9.50. The zero-order valence-corrected chi connectivity index (χ0v) is 13.9. The van der Waals surface area contributed by atoms with Gasteiger partial charge in [-0.05, 0) is 31.6 Å². The smallest absolute Gasteiger partial charge is 0.213 e. The van der Waals surface area contributed by atoms with E-state index in [1.54, 1.807) is 0 Å². The van der Waals surface area contributed by atoms with E-state index in [-0.39, 0.29) is 5.84 Å². The molecule has 1 saturated carbocycles. The van der Waals surface area contributed by atoms with Gasteiger partial charge in [0.15, 0.2) is 5.84 Å². The number of sulfonamides is 1. The van der Waals surface area contributed by atoms with E-state index in [0.29, 0.717) is 18.8 Å². The average Bonchev–Trinajstić information content (AvgIpc) is 2.38. The summed E-state index contributed by atoms with van der Waals surface area (Å²) in [6, 6.07) is 0. The molecular formula is C11H23N3O5S2. The Morgan fingerprint density at radius 1 is 1.29 bits per heavy atom. The molecule has 0 heterocycles. The van der Waals surface area contributed by atoms with Crippen LogP contribution in [0.2, 0.25) is 0 Å². The Hall–Kier alpha value is -0.870. The van der Waals surface area contributed by atoms with Crippen molar-refractivity contribution >= 4 is 25.7 Å². The molecule has 0 bridgehead atoms. The van der Waals surface area contributed by atoms with E-state index < -0.39 is 36.9 Å². The second-order valence-corrected chi connectivity index (χ2v) is 9.90. The summed E-state index contributed by atoms with van der Waals surface area (Å²) in [7, 11) is -7.23. The first-order valence-electron chi connectivity index (χ1n) is 6.67. The molecule has 8 nitrogen and oxygen atoms in total. The van der Waals surface area contributed by atoms with E-state index in [4.69, 9.17) is 10.9 Å². The summed E-state index contributed by atoms with van der Waals surface area (Å²) in [5.41, 5.74) is 4.54. The second kappa shape index (κ2) is 6.49. The van der Waals surface area contributed by atoms with E-state index in [9.17, 15) is 16.8 Å². The SMILES string of the molecule is CC1CCC(NS(=O)(=O)CCS(C)(=O)=O)(C(N)=NO)CC1. The molecule has 1 aliphatic carbocycles. The molecule has 0 aliphatic heterocycles. The molecule has 4 N–H and O–H groups in total. The Morgan fingerprint density at radius 3 is 2.24 bits per heavy atom. The molecule has 0 saturated heterocycles. The minimum absolute atomic E-state index is 0.183. The van der Waals surface area contributed by atoms with Gasteiger partial charge in [-0.15, -0.1) is 0 Å². The summed E-state index contributed by atoms with van der Waals surface area (Å²) in [6.07, 6.45) is 3.30. The van der Waals surface area contributed by atoms with Gasteiger partial charge in [0, 0.05) is 6.26 Å². The van der Waals surface area contributed by atoms with Crippen LogP contribution >= 0.6 is 0 Å². The molecule has 124 valence electrons. The first-order valence-corrected chi connectivity index (χ1v) is 10.4. The van der Waals surface area contributed by atoms with E-state index in [1.807, 2.05) is 6.92 Å².